The van der Waals surface area contributed by atoms with Crippen molar-refractivity contribution in [2.45, 2.75) is 18.8 Å². The number of nitrogens with zero attached hydrogens (tertiary/aromatic N) is 4. The maximum Gasteiger partial charge on any atom is 0.137 e. The predicted octanol–water partition coefficient (Wildman–Crippen LogP) is 0.558. The number of halogens is 1. The van der Waals surface area contributed by atoms with Crippen LogP contribution < -0.4 is 4.74 Å². The molecule has 3 rings (SSSR count). The van der Waals surface area contributed by atoms with Crippen molar-refractivity contribution in [3.63, 3.8) is 0 Å². The smallest absolute Gasteiger partial charge is 0.137 e. The van der Waals surface area contributed by atoms with Crippen molar-refractivity contribution in [3.05, 3.63) is 42.7 Å². The van der Waals surface area contributed by atoms with E-state index in [-0.39, 0.29) is 18.5 Å². The highest BCUT2D eigenvalue weighted by molar-refractivity contribution is 5.22. The van der Waals surface area contributed by atoms with Crippen LogP contribution in [0.4, 0.5) is 4.39 Å². The van der Waals surface area contributed by atoms with Crippen molar-refractivity contribution in [1.29, 1.82) is 0 Å². The summed E-state index contributed by atoms with van der Waals surface area (Å²) in [6.45, 7) is 3.40. The molecule has 1 aliphatic heterocycles. The molecule has 1 fully saturated rings. The zero-order chi connectivity index (χ0) is 16.8. The molecule has 1 N–H and O–H groups in total. The third-order valence-corrected chi connectivity index (χ3v) is 3.81. The summed E-state index contributed by atoms with van der Waals surface area (Å²) in [5.41, 5.74) is 0. The molecule has 8 heteroatoms. The highest BCUT2D eigenvalue weighted by Crippen LogP contribution is 2.12. The van der Waals surface area contributed by atoms with Gasteiger partial charge in [0.15, 0.2) is 0 Å². The maximum atomic E-state index is 12.8. The van der Waals surface area contributed by atoms with Crippen LogP contribution in [0.1, 0.15) is 0 Å². The third kappa shape index (κ3) is 4.98. The number of β-amino-alcohol motifs (C(OH)–C–C–N with tert-alkyl or cyclic N) is 1. The van der Waals surface area contributed by atoms with E-state index in [1.807, 2.05) is 0 Å². The van der Waals surface area contributed by atoms with E-state index >= 15 is 0 Å². The van der Waals surface area contributed by atoms with E-state index in [9.17, 15) is 9.50 Å². The lowest BCUT2D eigenvalue weighted by atomic mass is 10.2. The lowest BCUT2D eigenvalue weighted by Gasteiger charge is -2.33. The number of aromatic nitrogens is 3. The normalized spacial score (nSPS) is 20.0. The Labute approximate surface area is 139 Å². The van der Waals surface area contributed by atoms with Gasteiger partial charge in [-0.25, -0.2) is 9.37 Å². The van der Waals surface area contributed by atoms with Crippen LogP contribution in [0.3, 0.4) is 0 Å². The summed E-state index contributed by atoms with van der Waals surface area (Å²) in [6.07, 6.45) is 2.55. The fourth-order valence-corrected chi connectivity index (χ4v) is 2.67. The topological polar surface area (TPSA) is 72.6 Å². The second-order valence-electron chi connectivity index (χ2n) is 5.79. The standard InChI is InChI=1S/C16H21FN4O3/c17-13-1-3-15(4-2-13)24-10-14(22)7-20-5-6-23-16(8-20)9-21-12-18-11-19-21/h1-4,11-12,14,16,22H,5-10H2/t14-,16+/m1/s1. The molecule has 24 heavy (non-hydrogen) atoms. The predicted molar refractivity (Wildman–Crippen MR) is 84.1 cm³/mol. The van der Waals surface area contributed by atoms with Crippen molar-refractivity contribution in [1.82, 2.24) is 19.7 Å². The highest BCUT2D eigenvalue weighted by atomic mass is 19.1. The van der Waals surface area contributed by atoms with Gasteiger partial charge in [-0.2, -0.15) is 5.10 Å². The average Bonchev–Trinajstić information content (AvgIpc) is 3.08. The van der Waals surface area contributed by atoms with Crippen LogP contribution in [0.25, 0.3) is 0 Å². The molecular formula is C16H21FN4O3. The summed E-state index contributed by atoms with van der Waals surface area (Å²) in [6, 6.07) is 5.76. The number of aliphatic hydroxyl groups excluding tert-OH is 1. The van der Waals surface area contributed by atoms with E-state index in [0.29, 0.717) is 32.0 Å². The monoisotopic (exact) mass is 336 g/mol. The zero-order valence-electron chi connectivity index (χ0n) is 13.3. The van der Waals surface area contributed by atoms with Gasteiger partial charge in [0.05, 0.1) is 19.3 Å². The van der Waals surface area contributed by atoms with Gasteiger partial charge in [0.1, 0.15) is 36.9 Å². The van der Waals surface area contributed by atoms with Crippen molar-refractivity contribution in [2.75, 3.05) is 32.8 Å². The van der Waals surface area contributed by atoms with E-state index in [1.165, 1.54) is 18.5 Å². The first kappa shape index (κ1) is 16.8. The summed E-state index contributed by atoms with van der Waals surface area (Å²) in [5.74, 6) is 0.233. The molecule has 1 saturated heterocycles. The van der Waals surface area contributed by atoms with Crippen molar-refractivity contribution >= 4 is 0 Å². The quantitative estimate of drug-likeness (QED) is 0.796. The number of hydrogen-bond donors (Lipinski definition) is 1. The molecule has 0 radical (unpaired) electrons. The number of benzene rings is 1. The van der Waals surface area contributed by atoms with E-state index < -0.39 is 6.10 Å². The fourth-order valence-electron chi connectivity index (χ4n) is 2.67. The third-order valence-electron chi connectivity index (χ3n) is 3.81. The Bertz CT molecular complexity index is 608. The Morgan fingerprint density at radius 2 is 2.21 bits per heavy atom. The number of ether oxygens (including phenoxy) is 2. The molecule has 0 saturated carbocycles. The van der Waals surface area contributed by atoms with Gasteiger partial charge in [0, 0.05) is 19.6 Å². The van der Waals surface area contributed by atoms with Crippen molar-refractivity contribution in [3.8, 4) is 5.75 Å². The van der Waals surface area contributed by atoms with Gasteiger partial charge in [0.2, 0.25) is 0 Å². The van der Waals surface area contributed by atoms with Crippen LogP contribution in [-0.2, 0) is 11.3 Å². The van der Waals surface area contributed by atoms with E-state index in [0.717, 1.165) is 6.54 Å². The molecular weight excluding hydrogens is 315 g/mol. The molecule has 130 valence electrons. The lowest BCUT2D eigenvalue weighted by Crippen LogP contribution is -2.47. The molecule has 1 aromatic carbocycles. The van der Waals surface area contributed by atoms with Crippen LogP contribution in [0.2, 0.25) is 0 Å². The van der Waals surface area contributed by atoms with Crippen LogP contribution in [0.15, 0.2) is 36.9 Å². The molecule has 0 aliphatic carbocycles. The molecule has 1 aliphatic rings. The Kier molecular flexibility index (Phi) is 5.73. The van der Waals surface area contributed by atoms with Crippen LogP contribution in [-0.4, -0.2) is 69.8 Å². The van der Waals surface area contributed by atoms with Gasteiger partial charge in [-0.3, -0.25) is 9.58 Å². The number of aliphatic hydroxyl groups is 1. The Morgan fingerprint density at radius 3 is 2.96 bits per heavy atom. The largest absolute Gasteiger partial charge is 0.491 e. The number of hydrogen-bond acceptors (Lipinski definition) is 6. The Morgan fingerprint density at radius 1 is 1.38 bits per heavy atom. The lowest BCUT2D eigenvalue weighted by molar-refractivity contribution is -0.0517. The highest BCUT2D eigenvalue weighted by Gasteiger charge is 2.23. The van der Waals surface area contributed by atoms with Gasteiger partial charge < -0.3 is 14.6 Å². The van der Waals surface area contributed by atoms with E-state index in [2.05, 4.69) is 15.0 Å². The van der Waals surface area contributed by atoms with Crippen LogP contribution in [0.5, 0.6) is 5.75 Å². The molecule has 0 spiro atoms. The zero-order valence-corrected chi connectivity index (χ0v) is 13.3. The van der Waals surface area contributed by atoms with Crippen LogP contribution in [0, 0.1) is 5.82 Å². The molecule has 7 nitrogen and oxygen atoms in total. The minimum absolute atomic E-state index is 0.0191. The average molecular weight is 336 g/mol. The van der Waals surface area contributed by atoms with Gasteiger partial charge in [-0.05, 0) is 24.3 Å². The van der Waals surface area contributed by atoms with Crippen molar-refractivity contribution < 1.29 is 19.0 Å². The molecule has 0 amide bonds. The number of rotatable bonds is 7. The molecule has 1 aromatic heterocycles. The first-order valence-electron chi connectivity index (χ1n) is 7.92. The molecule has 0 bridgehead atoms. The van der Waals surface area contributed by atoms with E-state index in [1.54, 1.807) is 23.1 Å². The summed E-state index contributed by atoms with van der Waals surface area (Å²) in [4.78, 5) is 6.06. The van der Waals surface area contributed by atoms with Crippen molar-refractivity contribution in [2.24, 2.45) is 0 Å². The molecule has 2 aromatic rings. The minimum atomic E-state index is -0.625. The minimum Gasteiger partial charge on any atom is -0.491 e. The van der Waals surface area contributed by atoms with Gasteiger partial charge >= 0.3 is 0 Å². The summed E-state index contributed by atoms with van der Waals surface area (Å²) < 4.78 is 25.8. The maximum absolute atomic E-state index is 12.8. The summed E-state index contributed by atoms with van der Waals surface area (Å²) >= 11 is 0. The van der Waals surface area contributed by atoms with Crippen LogP contribution >= 0.6 is 0 Å². The van der Waals surface area contributed by atoms with Gasteiger partial charge in [-0.1, -0.05) is 0 Å². The Hall–Kier alpha value is -2.03. The summed E-state index contributed by atoms with van der Waals surface area (Å²) in [7, 11) is 0. The first-order chi connectivity index (χ1) is 11.7. The second kappa shape index (κ2) is 8.18. The van der Waals surface area contributed by atoms with Gasteiger partial charge in [0.25, 0.3) is 0 Å². The molecule has 2 atom stereocenters. The Balaban J connectivity index is 1.41. The second-order valence-corrected chi connectivity index (χ2v) is 5.79. The fraction of sp³-hybridized carbons (Fsp3) is 0.500. The summed E-state index contributed by atoms with van der Waals surface area (Å²) in [5, 5.41) is 14.2. The van der Waals surface area contributed by atoms with Gasteiger partial charge in [-0.15, -0.1) is 0 Å². The first-order valence-corrected chi connectivity index (χ1v) is 7.92. The van der Waals surface area contributed by atoms with E-state index in [4.69, 9.17) is 9.47 Å². The number of morpholine rings is 1. The molecule has 0 unspecified atom stereocenters. The molecule has 2 heterocycles. The SMILES string of the molecule is O[C@@H](COc1ccc(F)cc1)CN1CCO[C@H](Cn2cncn2)C1.